The van der Waals surface area contributed by atoms with E-state index >= 15 is 0 Å². The summed E-state index contributed by atoms with van der Waals surface area (Å²) in [6.45, 7) is 0.104. The van der Waals surface area contributed by atoms with E-state index in [-0.39, 0.29) is 43.9 Å². The fourth-order valence-electron chi connectivity index (χ4n) is 4.01. The van der Waals surface area contributed by atoms with Gasteiger partial charge >= 0.3 is 11.9 Å². The van der Waals surface area contributed by atoms with Crippen LogP contribution in [0.25, 0.3) is 0 Å². The van der Waals surface area contributed by atoms with E-state index in [1.807, 2.05) is 0 Å². The summed E-state index contributed by atoms with van der Waals surface area (Å²) in [5.41, 5.74) is 17.9. The minimum absolute atomic E-state index is 0.0195. The van der Waals surface area contributed by atoms with Crippen LogP contribution >= 0.6 is 0 Å². The number of guanidine groups is 1. The molecule has 2 aromatic carbocycles. The van der Waals surface area contributed by atoms with E-state index in [4.69, 9.17) is 17.2 Å². The van der Waals surface area contributed by atoms with Gasteiger partial charge in [0, 0.05) is 13.0 Å². The van der Waals surface area contributed by atoms with E-state index in [9.17, 15) is 39.3 Å². The Morgan fingerprint density at radius 2 is 1.30 bits per heavy atom. The summed E-state index contributed by atoms with van der Waals surface area (Å²) in [4.78, 5) is 66.3. The van der Waals surface area contributed by atoms with Gasteiger partial charge in [0.25, 0.3) is 0 Å². The summed E-state index contributed by atoms with van der Waals surface area (Å²) in [5, 5.41) is 35.5. The Balaban J connectivity index is 2.18. The smallest absolute Gasteiger partial charge is 0.326 e. The number of aromatic hydroxyl groups is 1. The minimum Gasteiger partial charge on any atom is -0.508 e. The lowest BCUT2D eigenvalue weighted by atomic mass is 10.0. The first kappa shape index (κ1) is 34.0. The summed E-state index contributed by atoms with van der Waals surface area (Å²) >= 11 is 0. The van der Waals surface area contributed by atoms with Crippen LogP contribution in [-0.2, 0) is 36.8 Å². The first-order valence-corrected chi connectivity index (χ1v) is 13.3. The van der Waals surface area contributed by atoms with E-state index in [2.05, 4.69) is 20.9 Å². The Bertz CT molecular complexity index is 1280. The van der Waals surface area contributed by atoms with Gasteiger partial charge in [-0.05, 0) is 42.5 Å². The molecule has 0 heterocycles. The fraction of sp³-hybridized carbons (Fsp3) is 0.357. The van der Waals surface area contributed by atoms with Crippen molar-refractivity contribution in [1.82, 2.24) is 16.0 Å². The van der Waals surface area contributed by atoms with Crippen molar-refractivity contribution < 1.29 is 39.3 Å². The first-order chi connectivity index (χ1) is 20.3. The van der Waals surface area contributed by atoms with Crippen molar-refractivity contribution in [2.75, 3.05) is 6.54 Å². The second-order valence-electron chi connectivity index (χ2n) is 9.74. The lowest BCUT2D eigenvalue weighted by Gasteiger charge is -2.25. The molecule has 2 rings (SSSR count). The van der Waals surface area contributed by atoms with Crippen molar-refractivity contribution in [3.63, 3.8) is 0 Å². The topological polar surface area (TPSA) is 273 Å². The molecule has 2 aromatic rings. The minimum atomic E-state index is -1.66. The van der Waals surface area contributed by atoms with Gasteiger partial charge in [0.2, 0.25) is 17.7 Å². The number of nitrogens with one attached hydrogen (secondary N) is 3. The standard InChI is InChI=1S/C28H37N7O8/c29-19(13-17-8-10-18(36)11-9-17)24(39)34-21(14-16-5-2-1-3-6-16)25(40)35-22(15-23(37)38)26(41)33-20(27(42)43)7-4-12-32-28(30)31/h1-3,5-6,8-11,19-22,36H,4,7,12-15,29H2,(H,33,41)(H,34,39)(H,35,40)(H,37,38)(H,42,43)(H4,30,31,32). The molecule has 0 aliphatic rings. The molecule has 15 heteroatoms. The van der Waals surface area contributed by atoms with E-state index in [0.29, 0.717) is 11.1 Å². The number of benzene rings is 2. The average molecular weight is 600 g/mol. The molecule has 4 atom stereocenters. The molecule has 0 aliphatic heterocycles. The van der Waals surface area contributed by atoms with Crippen LogP contribution in [0, 0.1) is 0 Å². The van der Waals surface area contributed by atoms with Crippen LogP contribution in [0.2, 0.25) is 0 Å². The summed E-state index contributed by atoms with van der Waals surface area (Å²) < 4.78 is 0. The van der Waals surface area contributed by atoms with Gasteiger partial charge in [0.05, 0.1) is 12.5 Å². The Morgan fingerprint density at radius 1 is 0.744 bits per heavy atom. The highest BCUT2D eigenvalue weighted by Crippen LogP contribution is 2.12. The highest BCUT2D eigenvalue weighted by Gasteiger charge is 2.31. The number of nitrogens with two attached hydrogens (primary N) is 3. The van der Waals surface area contributed by atoms with E-state index in [0.717, 1.165) is 0 Å². The number of hydrogen-bond donors (Lipinski definition) is 9. The Labute approximate surface area is 247 Å². The zero-order valence-electron chi connectivity index (χ0n) is 23.3. The monoisotopic (exact) mass is 599 g/mol. The normalized spacial score (nSPS) is 13.4. The van der Waals surface area contributed by atoms with Gasteiger partial charge in [-0.15, -0.1) is 0 Å². The van der Waals surface area contributed by atoms with Crippen molar-refractivity contribution >= 4 is 35.6 Å². The molecule has 12 N–H and O–H groups in total. The number of carboxylic acid groups (broad SMARTS) is 2. The largest absolute Gasteiger partial charge is 0.508 e. The molecule has 3 amide bonds. The highest BCUT2D eigenvalue weighted by molar-refractivity contribution is 5.95. The molecule has 0 aliphatic carbocycles. The zero-order valence-corrected chi connectivity index (χ0v) is 23.3. The van der Waals surface area contributed by atoms with E-state index < -0.39 is 60.2 Å². The Hall–Kier alpha value is -5.18. The van der Waals surface area contributed by atoms with Crippen LogP contribution < -0.4 is 33.2 Å². The van der Waals surface area contributed by atoms with Crippen molar-refractivity contribution in [1.29, 1.82) is 0 Å². The lowest BCUT2D eigenvalue weighted by Crippen LogP contribution is -2.58. The SMILES string of the molecule is NC(N)=NCCCC(NC(=O)C(CC(=O)O)NC(=O)C(Cc1ccccc1)NC(=O)C(N)Cc1ccc(O)cc1)C(=O)O. The quantitative estimate of drug-likeness (QED) is 0.0577. The number of aliphatic carboxylic acids is 2. The molecular weight excluding hydrogens is 562 g/mol. The molecular formula is C28H37N7O8. The average Bonchev–Trinajstić information content (AvgIpc) is 2.94. The highest BCUT2D eigenvalue weighted by atomic mass is 16.4. The van der Waals surface area contributed by atoms with E-state index in [1.165, 1.54) is 12.1 Å². The maximum Gasteiger partial charge on any atom is 0.326 e. The van der Waals surface area contributed by atoms with Gasteiger partial charge in [-0.1, -0.05) is 42.5 Å². The second-order valence-corrected chi connectivity index (χ2v) is 9.74. The van der Waals surface area contributed by atoms with Crippen molar-refractivity contribution in [2.45, 2.75) is 56.3 Å². The molecule has 43 heavy (non-hydrogen) atoms. The molecule has 0 saturated heterocycles. The summed E-state index contributed by atoms with van der Waals surface area (Å²) in [6.07, 6.45) is -0.661. The summed E-state index contributed by atoms with van der Waals surface area (Å²) in [5.74, 6) is -5.56. The Morgan fingerprint density at radius 3 is 1.88 bits per heavy atom. The number of carboxylic acids is 2. The van der Waals surface area contributed by atoms with Gasteiger partial charge in [0.1, 0.15) is 23.9 Å². The third-order valence-electron chi connectivity index (χ3n) is 6.22. The number of rotatable bonds is 17. The predicted octanol–water partition coefficient (Wildman–Crippen LogP) is -1.43. The molecule has 0 fully saturated rings. The van der Waals surface area contributed by atoms with Gasteiger partial charge in [0.15, 0.2) is 5.96 Å². The van der Waals surface area contributed by atoms with Gasteiger partial charge in [-0.3, -0.25) is 24.2 Å². The van der Waals surface area contributed by atoms with Crippen LogP contribution in [0.15, 0.2) is 59.6 Å². The molecule has 0 saturated carbocycles. The van der Waals surface area contributed by atoms with Gasteiger partial charge in [-0.2, -0.15) is 0 Å². The number of phenolic OH excluding ortho intramolecular Hbond substituents is 1. The third-order valence-corrected chi connectivity index (χ3v) is 6.22. The van der Waals surface area contributed by atoms with Crippen molar-refractivity contribution in [2.24, 2.45) is 22.2 Å². The molecule has 4 unspecified atom stereocenters. The van der Waals surface area contributed by atoms with E-state index in [1.54, 1.807) is 42.5 Å². The summed E-state index contributed by atoms with van der Waals surface area (Å²) in [7, 11) is 0. The maximum atomic E-state index is 13.4. The van der Waals surface area contributed by atoms with Crippen LogP contribution in [0.1, 0.15) is 30.4 Å². The second kappa shape index (κ2) is 16.9. The number of carbonyl (C=O) groups is 5. The maximum absolute atomic E-state index is 13.4. The molecule has 0 aromatic heterocycles. The molecule has 0 bridgehead atoms. The van der Waals surface area contributed by atoms with Crippen molar-refractivity contribution in [3.05, 3.63) is 65.7 Å². The van der Waals surface area contributed by atoms with Crippen LogP contribution in [0.4, 0.5) is 0 Å². The molecule has 232 valence electrons. The number of carbonyl (C=O) groups excluding carboxylic acids is 3. The van der Waals surface area contributed by atoms with Gasteiger partial charge in [-0.25, -0.2) is 4.79 Å². The number of hydrogen-bond acceptors (Lipinski definition) is 8. The molecule has 15 nitrogen and oxygen atoms in total. The lowest BCUT2D eigenvalue weighted by molar-refractivity contribution is -0.143. The number of amides is 3. The number of aliphatic imine (C=N–C) groups is 1. The van der Waals surface area contributed by atoms with Crippen LogP contribution in [-0.4, -0.2) is 81.7 Å². The fourth-order valence-corrected chi connectivity index (χ4v) is 4.01. The first-order valence-electron chi connectivity index (χ1n) is 13.3. The van der Waals surface area contributed by atoms with Crippen LogP contribution in [0.5, 0.6) is 5.75 Å². The number of nitrogens with zero attached hydrogens (tertiary/aromatic N) is 1. The molecule has 0 spiro atoms. The van der Waals surface area contributed by atoms with Crippen molar-refractivity contribution in [3.8, 4) is 5.75 Å². The number of phenols is 1. The van der Waals surface area contributed by atoms with Crippen LogP contribution in [0.3, 0.4) is 0 Å². The molecule has 0 radical (unpaired) electrons. The third kappa shape index (κ3) is 12.5. The zero-order chi connectivity index (χ0) is 31.9. The predicted molar refractivity (Wildman–Crippen MR) is 156 cm³/mol. The summed E-state index contributed by atoms with van der Waals surface area (Å²) in [6, 6.07) is 9.29. The Kier molecular flexibility index (Phi) is 13.4. The van der Waals surface area contributed by atoms with Gasteiger partial charge < -0.3 is 48.5 Å².